The molecule has 1 aliphatic heterocycles. The van der Waals surface area contributed by atoms with Crippen molar-refractivity contribution in [1.82, 2.24) is 10.2 Å². The Kier molecular flexibility index (Phi) is 3.20. The lowest BCUT2D eigenvalue weighted by Crippen LogP contribution is -2.66. The molecule has 1 amide bonds. The van der Waals surface area contributed by atoms with Crippen molar-refractivity contribution in [2.24, 2.45) is 0 Å². The zero-order valence-corrected chi connectivity index (χ0v) is 9.92. The van der Waals surface area contributed by atoms with E-state index in [1.165, 1.54) is 0 Å². The second kappa shape index (κ2) is 3.89. The summed E-state index contributed by atoms with van der Waals surface area (Å²) >= 11 is 0. The van der Waals surface area contributed by atoms with Gasteiger partial charge in [0.25, 0.3) is 0 Å². The van der Waals surface area contributed by atoms with Gasteiger partial charge in [0, 0.05) is 18.6 Å². The lowest BCUT2D eigenvalue weighted by molar-refractivity contribution is -0.145. The molecule has 14 heavy (non-hydrogen) atoms. The Morgan fingerprint density at radius 2 is 2.21 bits per heavy atom. The number of carbonyl (C=O) groups is 1. The highest BCUT2D eigenvalue weighted by Crippen LogP contribution is 2.20. The first-order valence-corrected chi connectivity index (χ1v) is 5.48. The number of nitrogens with one attached hydrogen (secondary N) is 1. The number of amides is 1. The lowest BCUT2D eigenvalue weighted by Gasteiger charge is -2.45. The van der Waals surface area contributed by atoms with Gasteiger partial charge in [0.1, 0.15) is 0 Å². The number of rotatable bonds is 2. The second-order valence-electron chi connectivity index (χ2n) is 4.82. The first kappa shape index (κ1) is 11.5. The summed E-state index contributed by atoms with van der Waals surface area (Å²) in [4.78, 5) is 14.1. The molecule has 0 aromatic carbocycles. The first-order chi connectivity index (χ1) is 6.40. The van der Waals surface area contributed by atoms with E-state index in [9.17, 15) is 4.79 Å². The molecule has 0 aromatic heterocycles. The fraction of sp³-hybridized carbons (Fsp3) is 0.909. The predicted molar refractivity (Wildman–Crippen MR) is 58.1 cm³/mol. The number of carbonyl (C=O) groups excluding carboxylic acids is 1. The van der Waals surface area contributed by atoms with Crippen molar-refractivity contribution >= 4 is 5.91 Å². The highest BCUT2D eigenvalue weighted by Gasteiger charge is 2.40. The van der Waals surface area contributed by atoms with E-state index in [2.05, 4.69) is 26.1 Å². The quantitative estimate of drug-likeness (QED) is 0.727. The van der Waals surface area contributed by atoms with Crippen LogP contribution in [-0.2, 0) is 4.79 Å². The summed E-state index contributed by atoms with van der Waals surface area (Å²) in [7, 11) is 0. The number of piperazine rings is 1. The van der Waals surface area contributed by atoms with Crippen LogP contribution in [0.1, 0.15) is 41.0 Å². The van der Waals surface area contributed by atoms with Crippen molar-refractivity contribution in [3.05, 3.63) is 0 Å². The van der Waals surface area contributed by atoms with Crippen molar-refractivity contribution in [3.63, 3.8) is 0 Å². The molecule has 0 spiro atoms. The molecule has 0 radical (unpaired) electrons. The molecular weight excluding hydrogens is 176 g/mol. The van der Waals surface area contributed by atoms with Gasteiger partial charge in [-0.25, -0.2) is 0 Å². The van der Waals surface area contributed by atoms with Gasteiger partial charge < -0.3 is 10.2 Å². The minimum absolute atomic E-state index is 0.227. The number of nitrogens with zero attached hydrogens (tertiary/aromatic N) is 1. The summed E-state index contributed by atoms with van der Waals surface area (Å²) in [5.74, 6) is 0.227. The van der Waals surface area contributed by atoms with E-state index in [1.807, 2.05) is 18.7 Å². The minimum Gasteiger partial charge on any atom is -0.334 e. The zero-order chi connectivity index (χ0) is 10.9. The smallest absolute Gasteiger partial charge is 0.242 e. The fourth-order valence-corrected chi connectivity index (χ4v) is 1.93. The Morgan fingerprint density at radius 1 is 1.64 bits per heavy atom. The largest absolute Gasteiger partial charge is 0.334 e. The molecule has 3 heteroatoms. The van der Waals surface area contributed by atoms with E-state index >= 15 is 0 Å². The Hall–Kier alpha value is -0.570. The van der Waals surface area contributed by atoms with Crippen LogP contribution < -0.4 is 5.32 Å². The predicted octanol–water partition coefficient (Wildman–Crippen LogP) is 1.38. The molecule has 1 rings (SSSR count). The van der Waals surface area contributed by atoms with Gasteiger partial charge in [-0.1, -0.05) is 6.92 Å². The van der Waals surface area contributed by atoms with Crippen LogP contribution in [0, 0.1) is 0 Å². The molecule has 2 atom stereocenters. The van der Waals surface area contributed by atoms with Gasteiger partial charge in [-0.2, -0.15) is 0 Å². The summed E-state index contributed by atoms with van der Waals surface area (Å²) in [5.41, 5.74) is -0.393. The highest BCUT2D eigenvalue weighted by molar-refractivity contribution is 5.86. The van der Waals surface area contributed by atoms with Gasteiger partial charge >= 0.3 is 0 Å². The lowest BCUT2D eigenvalue weighted by atomic mass is 9.96. The summed E-state index contributed by atoms with van der Waals surface area (Å²) in [6.45, 7) is 11.2. The molecular formula is C11H22N2O. The number of hydrogen-bond acceptors (Lipinski definition) is 2. The topological polar surface area (TPSA) is 32.3 Å². The Bertz CT molecular complexity index is 221. The Morgan fingerprint density at radius 3 is 2.71 bits per heavy atom. The van der Waals surface area contributed by atoms with Gasteiger partial charge in [-0.15, -0.1) is 0 Å². The third-order valence-corrected chi connectivity index (χ3v) is 3.15. The molecule has 1 N–H and O–H groups in total. The molecule has 0 saturated carbocycles. The summed E-state index contributed by atoms with van der Waals surface area (Å²) in [6.07, 6.45) is 1.02. The molecule has 1 aliphatic rings. The maximum Gasteiger partial charge on any atom is 0.242 e. The van der Waals surface area contributed by atoms with Crippen LogP contribution in [0.2, 0.25) is 0 Å². The van der Waals surface area contributed by atoms with Gasteiger partial charge in [-0.05, 0) is 34.1 Å². The van der Waals surface area contributed by atoms with Crippen LogP contribution in [0.25, 0.3) is 0 Å². The van der Waals surface area contributed by atoms with Gasteiger partial charge in [0.2, 0.25) is 5.91 Å². The summed E-state index contributed by atoms with van der Waals surface area (Å²) < 4.78 is 0. The molecule has 0 aliphatic carbocycles. The third kappa shape index (κ3) is 1.92. The van der Waals surface area contributed by atoms with Crippen LogP contribution in [0.5, 0.6) is 0 Å². The monoisotopic (exact) mass is 198 g/mol. The average molecular weight is 198 g/mol. The van der Waals surface area contributed by atoms with Crippen LogP contribution in [0.15, 0.2) is 0 Å². The first-order valence-electron chi connectivity index (χ1n) is 5.48. The van der Waals surface area contributed by atoms with Crippen molar-refractivity contribution in [2.45, 2.75) is 58.7 Å². The van der Waals surface area contributed by atoms with Crippen LogP contribution >= 0.6 is 0 Å². The van der Waals surface area contributed by atoms with E-state index < -0.39 is 5.54 Å². The summed E-state index contributed by atoms with van der Waals surface area (Å²) in [6, 6.07) is 0.657. The van der Waals surface area contributed by atoms with Gasteiger partial charge in [0.15, 0.2) is 0 Å². The molecule has 2 unspecified atom stereocenters. The van der Waals surface area contributed by atoms with Crippen molar-refractivity contribution in [3.8, 4) is 0 Å². The van der Waals surface area contributed by atoms with Gasteiger partial charge in [-0.3, -0.25) is 4.79 Å². The van der Waals surface area contributed by atoms with Crippen LogP contribution in [-0.4, -0.2) is 35.0 Å². The molecule has 1 heterocycles. The van der Waals surface area contributed by atoms with Crippen molar-refractivity contribution in [2.75, 3.05) is 6.54 Å². The third-order valence-electron chi connectivity index (χ3n) is 3.15. The molecule has 0 bridgehead atoms. The van der Waals surface area contributed by atoms with Crippen molar-refractivity contribution < 1.29 is 4.79 Å². The van der Waals surface area contributed by atoms with E-state index in [0.29, 0.717) is 12.1 Å². The second-order valence-corrected chi connectivity index (χ2v) is 4.82. The normalized spacial score (nSPS) is 29.1. The maximum atomic E-state index is 12.1. The van der Waals surface area contributed by atoms with Gasteiger partial charge in [0.05, 0.1) is 5.54 Å². The Balaban J connectivity index is 2.84. The molecule has 82 valence electrons. The SMILES string of the molecule is CCC(C)N1C(=O)C(C)(C)NCC1C. The maximum absolute atomic E-state index is 12.1. The fourth-order valence-electron chi connectivity index (χ4n) is 1.93. The molecule has 0 aromatic rings. The standard InChI is InChI=1S/C11H22N2O/c1-6-8(2)13-9(3)7-12-11(4,5)10(13)14/h8-9,12H,6-7H2,1-5H3. The molecule has 1 fully saturated rings. The van der Waals surface area contributed by atoms with Crippen LogP contribution in [0.4, 0.5) is 0 Å². The average Bonchev–Trinajstić information content (AvgIpc) is 2.13. The summed E-state index contributed by atoms with van der Waals surface area (Å²) in [5, 5.41) is 3.28. The van der Waals surface area contributed by atoms with E-state index in [1.54, 1.807) is 0 Å². The minimum atomic E-state index is -0.393. The van der Waals surface area contributed by atoms with E-state index in [0.717, 1.165) is 13.0 Å². The van der Waals surface area contributed by atoms with Crippen LogP contribution in [0.3, 0.4) is 0 Å². The van der Waals surface area contributed by atoms with E-state index in [4.69, 9.17) is 0 Å². The molecule has 3 nitrogen and oxygen atoms in total. The number of hydrogen-bond donors (Lipinski definition) is 1. The van der Waals surface area contributed by atoms with Crippen molar-refractivity contribution in [1.29, 1.82) is 0 Å². The zero-order valence-electron chi connectivity index (χ0n) is 9.92. The van der Waals surface area contributed by atoms with E-state index in [-0.39, 0.29) is 5.91 Å². The highest BCUT2D eigenvalue weighted by atomic mass is 16.2. The molecule has 1 saturated heterocycles. The Labute approximate surface area is 86.9 Å².